The molecule has 0 fully saturated rings. The Kier molecular flexibility index (Phi) is 2.98. The van der Waals surface area contributed by atoms with Gasteiger partial charge in [-0.05, 0) is 26.2 Å². The molecule has 0 saturated heterocycles. The molecule has 0 radical (unpaired) electrons. The van der Waals surface area contributed by atoms with E-state index in [9.17, 15) is 0 Å². The molecular formula is C8H14N2O. The van der Waals surface area contributed by atoms with Crippen LogP contribution in [0.4, 0.5) is 0 Å². The van der Waals surface area contributed by atoms with Crippen LogP contribution in [-0.2, 0) is 0 Å². The van der Waals surface area contributed by atoms with Crippen molar-refractivity contribution in [2.24, 2.45) is 0 Å². The zero-order valence-electron chi connectivity index (χ0n) is 7.00. The maximum Gasteiger partial charge on any atom is 0.190 e. The van der Waals surface area contributed by atoms with Crippen molar-refractivity contribution < 1.29 is 4.74 Å². The minimum absolute atomic E-state index is 0.730. The van der Waals surface area contributed by atoms with Crippen LogP contribution in [0.25, 0.3) is 0 Å². The average Bonchev–Trinajstić information content (AvgIpc) is 2.39. The number of rotatable bonds is 4. The first-order valence-electron chi connectivity index (χ1n) is 3.70. The predicted molar refractivity (Wildman–Crippen MR) is 44.8 cm³/mol. The summed E-state index contributed by atoms with van der Waals surface area (Å²) in [5.74, 6) is 0.840. The second kappa shape index (κ2) is 4.03. The fraction of sp³-hybridized carbons (Fsp3) is 0.500. The van der Waals surface area contributed by atoms with Crippen molar-refractivity contribution in [2.45, 2.75) is 0 Å². The highest BCUT2D eigenvalue weighted by molar-refractivity contribution is 5.09. The largest absolute Gasteiger partial charge is 0.478 e. The zero-order valence-corrected chi connectivity index (χ0v) is 7.00. The Morgan fingerprint density at radius 2 is 2.36 bits per heavy atom. The molecule has 1 aromatic heterocycles. The lowest BCUT2D eigenvalue weighted by atomic mass is 10.6. The first kappa shape index (κ1) is 8.14. The third-order valence-corrected chi connectivity index (χ3v) is 1.37. The number of aromatic amines is 1. The number of aromatic nitrogens is 1. The van der Waals surface area contributed by atoms with Crippen LogP contribution in [0.1, 0.15) is 0 Å². The van der Waals surface area contributed by atoms with Crippen LogP contribution in [0.5, 0.6) is 5.88 Å². The molecule has 0 spiro atoms. The number of H-pyrrole nitrogens is 1. The molecule has 0 aliphatic carbocycles. The number of likely N-dealkylation sites (N-methyl/N-ethyl adjacent to an activating group) is 1. The first-order valence-corrected chi connectivity index (χ1v) is 3.70. The molecule has 62 valence electrons. The van der Waals surface area contributed by atoms with Crippen molar-refractivity contribution in [3.8, 4) is 5.88 Å². The van der Waals surface area contributed by atoms with E-state index in [0.717, 1.165) is 19.0 Å². The van der Waals surface area contributed by atoms with Crippen LogP contribution in [0.3, 0.4) is 0 Å². The topological polar surface area (TPSA) is 28.3 Å². The van der Waals surface area contributed by atoms with Crippen LogP contribution in [0.2, 0.25) is 0 Å². The molecule has 0 bridgehead atoms. The molecule has 1 heterocycles. The second-order valence-corrected chi connectivity index (χ2v) is 2.69. The summed E-state index contributed by atoms with van der Waals surface area (Å²) in [5, 5.41) is 0. The molecule has 3 heteroatoms. The van der Waals surface area contributed by atoms with Crippen molar-refractivity contribution >= 4 is 0 Å². The summed E-state index contributed by atoms with van der Waals surface area (Å²) in [7, 11) is 4.05. The summed E-state index contributed by atoms with van der Waals surface area (Å²) >= 11 is 0. The lowest BCUT2D eigenvalue weighted by Crippen LogP contribution is -2.19. The van der Waals surface area contributed by atoms with E-state index >= 15 is 0 Å². The third kappa shape index (κ3) is 3.09. The normalized spacial score (nSPS) is 10.5. The summed E-state index contributed by atoms with van der Waals surface area (Å²) in [6.45, 7) is 1.67. The van der Waals surface area contributed by atoms with Crippen LogP contribution in [-0.4, -0.2) is 37.1 Å². The molecule has 0 aliphatic heterocycles. The van der Waals surface area contributed by atoms with Gasteiger partial charge >= 0.3 is 0 Å². The highest BCUT2D eigenvalue weighted by atomic mass is 16.5. The quantitative estimate of drug-likeness (QED) is 0.699. The maximum absolute atomic E-state index is 5.36. The van der Waals surface area contributed by atoms with Gasteiger partial charge in [0, 0.05) is 12.7 Å². The number of nitrogens with one attached hydrogen (secondary N) is 1. The van der Waals surface area contributed by atoms with E-state index in [-0.39, 0.29) is 0 Å². The van der Waals surface area contributed by atoms with Gasteiger partial charge in [0.2, 0.25) is 0 Å². The van der Waals surface area contributed by atoms with Crippen LogP contribution < -0.4 is 4.74 Å². The van der Waals surface area contributed by atoms with Crippen LogP contribution >= 0.6 is 0 Å². The molecule has 0 aliphatic rings. The Bertz CT molecular complexity index is 182. The molecule has 1 rings (SSSR count). The molecule has 0 atom stereocenters. The Morgan fingerprint density at radius 3 is 2.91 bits per heavy atom. The molecule has 11 heavy (non-hydrogen) atoms. The van der Waals surface area contributed by atoms with E-state index in [1.165, 1.54) is 0 Å². The summed E-state index contributed by atoms with van der Waals surface area (Å²) in [6.07, 6.45) is 1.85. The number of hydrogen-bond donors (Lipinski definition) is 1. The van der Waals surface area contributed by atoms with Crippen LogP contribution in [0.15, 0.2) is 18.3 Å². The SMILES string of the molecule is CN(C)CCOc1ccc[nH]1. The van der Waals surface area contributed by atoms with Gasteiger partial charge in [-0.25, -0.2) is 0 Å². The van der Waals surface area contributed by atoms with Crippen molar-refractivity contribution in [3.63, 3.8) is 0 Å². The summed E-state index contributed by atoms with van der Waals surface area (Å²) < 4.78 is 5.36. The van der Waals surface area contributed by atoms with Crippen molar-refractivity contribution in [1.82, 2.24) is 9.88 Å². The molecule has 0 saturated carbocycles. The predicted octanol–water partition coefficient (Wildman–Crippen LogP) is 0.955. The van der Waals surface area contributed by atoms with E-state index < -0.39 is 0 Å². The van der Waals surface area contributed by atoms with Gasteiger partial charge in [0.05, 0.1) is 0 Å². The number of hydrogen-bond acceptors (Lipinski definition) is 2. The molecule has 0 amide bonds. The van der Waals surface area contributed by atoms with Gasteiger partial charge < -0.3 is 14.6 Å². The van der Waals surface area contributed by atoms with Gasteiger partial charge in [-0.1, -0.05) is 0 Å². The van der Waals surface area contributed by atoms with Gasteiger partial charge in [0.15, 0.2) is 5.88 Å². The fourth-order valence-corrected chi connectivity index (χ4v) is 0.742. The first-order chi connectivity index (χ1) is 5.29. The molecule has 1 aromatic rings. The lowest BCUT2D eigenvalue weighted by Gasteiger charge is -2.09. The third-order valence-electron chi connectivity index (χ3n) is 1.37. The standard InChI is InChI=1S/C8H14N2O/c1-10(2)6-7-11-8-4-3-5-9-8/h3-5,9H,6-7H2,1-2H3. The smallest absolute Gasteiger partial charge is 0.190 e. The maximum atomic E-state index is 5.36. The van der Waals surface area contributed by atoms with Crippen molar-refractivity contribution in [1.29, 1.82) is 0 Å². The van der Waals surface area contributed by atoms with Gasteiger partial charge in [-0.3, -0.25) is 0 Å². The van der Waals surface area contributed by atoms with Crippen molar-refractivity contribution in [2.75, 3.05) is 27.2 Å². The summed E-state index contributed by atoms with van der Waals surface area (Å²) in [4.78, 5) is 5.06. The monoisotopic (exact) mass is 154 g/mol. The average molecular weight is 154 g/mol. The molecule has 0 aromatic carbocycles. The zero-order chi connectivity index (χ0) is 8.10. The summed E-state index contributed by atoms with van der Waals surface area (Å²) in [5.41, 5.74) is 0. The Morgan fingerprint density at radius 1 is 1.55 bits per heavy atom. The minimum atomic E-state index is 0.730. The van der Waals surface area contributed by atoms with Gasteiger partial charge in [-0.15, -0.1) is 0 Å². The van der Waals surface area contributed by atoms with E-state index in [0.29, 0.717) is 0 Å². The van der Waals surface area contributed by atoms with Gasteiger partial charge in [0.1, 0.15) is 6.61 Å². The second-order valence-electron chi connectivity index (χ2n) is 2.69. The lowest BCUT2D eigenvalue weighted by molar-refractivity contribution is 0.255. The van der Waals surface area contributed by atoms with Gasteiger partial charge in [-0.2, -0.15) is 0 Å². The van der Waals surface area contributed by atoms with E-state index in [1.807, 2.05) is 32.4 Å². The fourth-order valence-electron chi connectivity index (χ4n) is 0.742. The minimum Gasteiger partial charge on any atom is -0.478 e. The summed E-state index contributed by atoms with van der Waals surface area (Å²) in [6, 6.07) is 3.83. The highest BCUT2D eigenvalue weighted by Crippen LogP contribution is 2.03. The number of ether oxygens (including phenoxy) is 1. The van der Waals surface area contributed by atoms with E-state index in [1.54, 1.807) is 0 Å². The molecule has 3 nitrogen and oxygen atoms in total. The van der Waals surface area contributed by atoms with E-state index in [2.05, 4.69) is 9.88 Å². The van der Waals surface area contributed by atoms with Crippen molar-refractivity contribution in [3.05, 3.63) is 18.3 Å². The molecule has 0 unspecified atom stereocenters. The molecular weight excluding hydrogens is 140 g/mol. The Hall–Kier alpha value is -0.960. The highest BCUT2D eigenvalue weighted by Gasteiger charge is 1.92. The Balaban J connectivity index is 2.14. The Labute approximate surface area is 67.0 Å². The molecule has 1 N–H and O–H groups in total. The number of nitrogens with zero attached hydrogens (tertiary/aromatic N) is 1. The van der Waals surface area contributed by atoms with Crippen LogP contribution in [0, 0.1) is 0 Å². The van der Waals surface area contributed by atoms with Gasteiger partial charge in [0.25, 0.3) is 0 Å². The van der Waals surface area contributed by atoms with E-state index in [4.69, 9.17) is 4.74 Å².